The fraction of sp³-hybridized carbons (Fsp3) is 0.800. The lowest BCUT2D eigenvalue weighted by Crippen LogP contribution is -2.39. The normalized spacial score (nSPS) is 20.0. The number of carbonyl (C=O) groups excluding carboxylic acids is 1. The Labute approximate surface area is 100 Å². The molecule has 0 atom stereocenters. The molecular formula is C10H19N3O4. The predicted octanol–water partition coefficient (Wildman–Crippen LogP) is -1.59. The van der Waals surface area contributed by atoms with E-state index in [0.29, 0.717) is 26.1 Å². The summed E-state index contributed by atoms with van der Waals surface area (Å²) < 4.78 is 4.71. The highest BCUT2D eigenvalue weighted by Crippen LogP contribution is 1.95. The van der Waals surface area contributed by atoms with Crippen LogP contribution in [0.5, 0.6) is 0 Å². The molecule has 0 unspecified atom stereocenters. The van der Waals surface area contributed by atoms with E-state index >= 15 is 0 Å². The van der Waals surface area contributed by atoms with Crippen LogP contribution in [0.3, 0.4) is 0 Å². The quantitative estimate of drug-likeness (QED) is 0.565. The highest BCUT2D eigenvalue weighted by atomic mass is 16.5. The Hall–Kier alpha value is -1.18. The van der Waals surface area contributed by atoms with E-state index < -0.39 is 5.97 Å². The first-order valence-electron chi connectivity index (χ1n) is 5.65. The Morgan fingerprint density at radius 1 is 1.24 bits per heavy atom. The van der Waals surface area contributed by atoms with Gasteiger partial charge in [0, 0.05) is 39.3 Å². The van der Waals surface area contributed by atoms with E-state index in [-0.39, 0.29) is 13.3 Å². The highest BCUT2D eigenvalue weighted by molar-refractivity contribution is 5.69. The Kier molecular flexibility index (Phi) is 6.53. The van der Waals surface area contributed by atoms with E-state index in [1.54, 1.807) is 0 Å². The summed E-state index contributed by atoms with van der Waals surface area (Å²) in [6, 6.07) is 0. The fourth-order valence-electron chi connectivity index (χ4n) is 1.72. The number of nitrogens with zero attached hydrogens (tertiary/aromatic N) is 2. The molecule has 2 N–H and O–H groups in total. The molecule has 0 saturated carbocycles. The second-order valence-corrected chi connectivity index (χ2v) is 3.93. The minimum atomic E-state index is -0.820. The van der Waals surface area contributed by atoms with Gasteiger partial charge in [-0.2, -0.15) is 0 Å². The van der Waals surface area contributed by atoms with Gasteiger partial charge >= 0.3 is 5.97 Å². The van der Waals surface area contributed by atoms with Crippen LogP contribution in [0, 0.1) is 0 Å². The third-order valence-corrected chi connectivity index (χ3v) is 2.63. The van der Waals surface area contributed by atoms with Gasteiger partial charge in [-0.3, -0.25) is 19.4 Å². The van der Waals surface area contributed by atoms with Crippen LogP contribution in [-0.2, 0) is 14.3 Å². The number of carbonyl (C=O) groups is 2. The average molecular weight is 245 g/mol. The number of ether oxygens (including phenoxy) is 1. The van der Waals surface area contributed by atoms with Crippen LogP contribution in [0.4, 0.5) is 0 Å². The van der Waals surface area contributed by atoms with Gasteiger partial charge in [-0.1, -0.05) is 0 Å². The molecule has 0 aromatic heterocycles. The number of nitrogens with one attached hydrogen (secondary N) is 1. The monoisotopic (exact) mass is 245 g/mol. The zero-order chi connectivity index (χ0) is 12.5. The Morgan fingerprint density at radius 2 is 1.88 bits per heavy atom. The molecule has 0 radical (unpaired) electrons. The molecule has 0 amide bonds. The molecule has 1 aliphatic rings. The molecule has 7 nitrogen and oxygen atoms in total. The van der Waals surface area contributed by atoms with E-state index in [2.05, 4.69) is 5.32 Å². The van der Waals surface area contributed by atoms with Crippen LogP contribution in [0.15, 0.2) is 0 Å². The molecule has 1 rings (SSSR count). The van der Waals surface area contributed by atoms with Gasteiger partial charge < -0.3 is 15.2 Å². The van der Waals surface area contributed by atoms with Gasteiger partial charge in [0.1, 0.15) is 6.73 Å². The average Bonchev–Trinajstić information content (AvgIpc) is 2.39. The van der Waals surface area contributed by atoms with E-state index in [1.165, 1.54) is 0 Å². The summed E-state index contributed by atoms with van der Waals surface area (Å²) in [6.45, 7) is 5.17. The first-order valence-corrected chi connectivity index (χ1v) is 5.65. The molecule has 7 heteroatoms. The van der Waals surface area contributed by atoms with Crippen molar-refractivity contribution in [1.82, 2.24) is 15.1 Å². The molecule has 0 aliphatic carbocycles. The molecule has 0 bridgehead atoms. The molecule has 0 aromatic rings. The van der Waals surface area contributed by atoms with Crippen molar-refractivity contribution in [2.75, 3.05) is 52.5 Å². The van der Waals surface area contributed by atoms with E-state index in [4.69, 9.17) is 9.84 Å². The summed E-state index contributed by atoms with van der Waals surface area (Å²) in [6.07, 6.45) is 0. The highest BCUT2D eigenvalue weighted by Gasteiger charge is 2.14. The van der Waals surface area contributed by atoms with Gasteiger partial charge in [0.15, 0.2) is 0 Å². The minimum absolute atomic E-state index is 0.0457. The van der Waals surface area contributed by atoms with Crippen molar-refractivity contribution in [3.05, 3.63) is 0 Å². The first kappa shape index (κ1) is 13.9. The van der Waals surface area contributed by atoms with Gasteiger partial charge in [0.05, 0.1) is 6.54 Å². The van der Waals surface area contributed by atoms with Crippen molar-refractivity contribution in [2.45, 2.75) is 0 Å². The van der Waals surface area contributed by atoms with Crippen molar-refractivity contribution in [3.8, 4) is 0 Å². The van der Waals surface area contributed by atoms with Crippen LogP contribution in [0.25, 0.3) is 0 Å². The number of hydrogen-bond donors (Lipinski definition) is 2. The largest absolute Gasteiger partial charge is 0.480 e. The fourth-order valence-corrected chi connectivity index (χ4v) is 1.72. The van der Waals surface area contributed by atoms with Crippen LogP contribution in [0.1, 0.15) is 0 Å². The van der Waals surface area contributed by atoms with Gasteiger partial charge in [0.2, 0.25) is 0 Å². The molecule has 98 valence electrons. The Bertz CT molecular complexity index is 250. The molecular weight excluding hydrogens is 226 g/mol. The molecule has 1 saturated heterocycles. The minimum Gasteiger partial charge on any atom is -0.480 e. The lowest BCUT2D eigenvalue weighted by Gasteiger charge is -2.23. The maximum atomic E-state index is 10.7. The third-order valence-electron chi connectivity index (χ3n) is 2.63. The number of carboxylic acids is 1. The zero-order valence-corrected chi connectivity index (χ0v) is 9.80. The molecule has 17 heavy (non-hydrogen) atoms. The van der Waals surface area contributed by atoms with Crippen LogP contribution in [-0.4, -0.2) is 79.9 Å². The summed E-state index contributed by atoms with van der Waals surface area (Å²) in [5, 5.41) is 12.0. The Balaban J connectivity index is 2.40. The van der Waals surface area contributed by atoms with Crippen LogP contribution >= 0.6 is 0 Å². The Morgan fingerprint density at radius 3 is 2.53 bits per heavy atom. The summed E-state index contributed by atoms with van der Waals surface area (Å²) in [4.78, 5) is 24.6. The van der Waals surface area contributed by atoms with Crippen LogP contribution in [0.2, 0.25) is 0 Å². The van der Waals surface area contributed by atoms with Crippen molar-refractivity contribution in [1.29, 1.82) is 0 Å². The summed E-state index contributed by atoms with van der Waals surface area (Å²) in [5.74, 6) is -0.820. The van der Waals surface area contributed by atoms with Crippen molar-refractivity contribution in [2.24, 2.45) is 0 Å². The van der Waals surface area contributed by atoms with E-state index in [9.17, 15) is 9.59 Å². The maximum Gasteiger partial charge on any atom is 0.317 e. The van der Waals surface area contributed by atoms with E-state index in [1.807, 2.05) is 9.80 Å². The molecule has 1 fully saturated rings. The third kappa shape index (κ3) is 6.20. The molecule has 1 aliphatic heterocycles. The number of carboxylic acid groups (broad SMARTS) is 1. The lowest BCUT2D eigenvalue weighted by molar-refractivity contribution is -0.138. The standard InChI is InChI=1S/C10H19N3O4/c14-9-17-8-13-4-2-11-1-3-12(5-6-13)7-10(15)16/h9,11H,1-8H2,(H,15,16). The number of aliphatic carboxylic acids is 1. The van der Waals surface area contributed by atoms with Gasteiger partial charge in [-0.25, -0.2) is 0 Å². The summed E-state index contributed by atoms with van der Waals surface area (Å²) >= 11 is 0. The first-order chi connectivity index (χ1) is 8.22. The maximum absolute atomic E-state index is 10.7. The second kappa shape index (κ2) is 7.99. The molecule has 0 aromatic carbocycles. The predicted molar refractivity (Wildman–Crippen MR) is 60.5 cm³/mol. The lowest BCUT2D eigenvalue weighted by atomic mass is 10.4. The zero-order valence-electron chi connectivity index (χ0n) is 9.80. The number of rotatable bonds is 5. The summed E-state index contributed by atoms with van der Waals surface area (Å²) in [5.41, 5.74) is 0. The number of hydrogen-bond acceptors (Lipinski definition) is 6. The van der Waals surface area contributed by atoms with Crippen molar-refractivity contribution >= 4 is 12.4 Å². The van der Waals surface area contributed by atoms with Crippen molar-refractivity contribution < 1.29 is 19.4 Å². The SMILES string of the molecule is O=COCN1CCNCCN(CC(=O)O)CC1. The topological polar surface area (TPSA) is 82.1 Å². The van der Waals surface area contributed by atoms with E-state index in [0.717, 1.165) is 19.6 Å². The van der Waals surface area contributed by atoms with Crippen molar-refractivity contribution in [3.63, 3.8) is 0 Å². The smallest absolute Gasteiger partial charge is 0.317 e. The van der Waals surface area contributed by atoms with Gasteiger partial charge in [-0.05, 0) is 0 Å². The van der Waals surface area contributed by atoms with Gasteiger partial charge in [0.25, 0.3) is 6.47 Å². The van der Waals surface area contributed by atoms with Crippen LogP contribution < -0.4 is 5.32 Å². The molecule has 1 heterocycles. The second-order valence-electron chi connectivity index (χ2n) is 3.93. The molecule has 0 spiro atoms. The summed E-state index contributed by atoms with van der Waals surface area (Å²) in [7, 11) is 0. The van der Waals surface area contributed by atoms with Gasteiger partial charge in [-0.15, -0.1) is 0 Å².